The lowest BCUT2D eigenvalue weighted by atomic mass is 9.32. The van der Waals surface area contributed by atoms with E-state index < -0.39 is 146 Å². The van der Waals surface area contributed by atoms with Crippen LogP contribution in [0.15, 0.2) is 34.3 Å². The lowest BCUT2D eigenvalue weighted by molar-refractivity contribution is -0.490. The number of methoxy groups -OCH3 is 1. The van der Waals surface area contributed by atoms with E-state index in [1.165, 1.54) is 32.6 Å². The molecule has 2 N–H and O–H groups in total. The van der Waals surface area contributed by atoms with Crippen LogP contribution in [0, 0.1) is 34.0 Å². The Labute approximate surface area is 345 Å². The summed E-state index contributed by atoms with van der Waals surface area (Å²) in [6.45, 7) is 14.4. The zero-order chi connectivity index (χ0) is 44.1. The maximum atomic E-state index is 14.8. The standard InChI is InChI=1S/C42H52O18/c1-12-23(46)26-27-36(8,28(56-32(26)49)22-13-14-52-16-22)29(53-19(4)43)30(54-20(5)44)42-37(9)24(15-25(47)51-11)35(7)17-39(37)40(50,33(35)57-31(48)18(2)3)34(55-21(6)45)41(27,42)59-38(10,58-39)60-42/h13-14,16,18,24,27-30,33-34,46,50H,12,15,17H2,1-11H3/t24-,27+,28-,29-,30+,33-,34+,35+,36+,37-,38+,39+,40+,41+,42-/m0/s1. The van der Waals surface area contributed by atoms with Gasteiger partial charge in [0.25, 0.3) is 5.97 Å². The van der Waals surface area contributed by atoms with Gasteiger partial charge in [-0.3, -0.25) is 24.0 Å². The van der Waals surface area contributed by atoms with Gasteiger partial charge in [0, 0.05) is 62.8 Å². The smallest absolute Gasteiger partial charge is 0.338 e. The summed E-state index contributed by atoms with van der Waals surface area (Å²) in [6.07, 6.45) is -6.80. The molecule has 328 valence electrons. The van der Waals surface area contributed by atoms with Crippen LogP contribution in [-0.4, -0.2) is 106 Å². The second-order valence-electron chi connectivity index (χ2n) is 18.4. The van der Waals surface area contributed by atoms with Crippen LogP contribution in [0.2, 0.25) is 0 Å². The molecule has 7 fully saturated rings. The average Bonchev–Trinajstić information content (AvgIpc) is 3.86. The van der Waals surface area contributed by atoms with E-state index in [4.69, 9.17) is 47.0 Å². The summed E-state index contributed by atoms with van der Waals surface area (Å²) in [4.78, 5) is 83.4. The molecule has 4 bridgehead atoms. The van der Waals surface area contributed by atoms with Gasteiger partial charge in [0.1, 0.15) is 23.6 Å². The van der Waals surface area contributed by atoms with Crippen LogP contribution in [0.25, 0.3) is 0 Å². The minimum absolute atomic E-state index is 0.169. The predicted octanol–water partition coefficient (Wildman–Crippen LogP) is 3.42. The van der Waals surface area contributed by atoms with Crippen molar-refractivity contribution in [3.05, 3.63) is 35.5 Å². The highest BCUT2D eigenvalue weighted by molar-refractivity contribution is 5.92. The lowest BCUT2D eigenvalue weighted by Gasteiger charge is -2.78. The number of fused-ring (bicyclic) bond motifs is 3. The molecule has 3 saturated heterocycles. The zero-order valence-corrected chi connectivity index (χ0v) is 35.4. The highest BCUT2D eigenvalue weighted by Gasteiger charge is 3.07. The van der Waals surface area contributed by atoms with E-state index in [1.807, 2.05) is 0 Å². The fourth-order valence-corrected chi connectivity index (χ4v) is 13.6. The Morgan fingerprint density at radius 2 is 1.53 bits per heavy atom. The van der Waals surface area contributed by atoms with E-state index in [-0.39, 0.29) is 18.4 Å². The first-order chi connectivity index (χ1) is 27.9. The van der Waals surface area contributed by atoms with Crippen LogP contribution in [-0.2, 0) is 71.4 Å². The second kappa shape index (κ2) is 12.8. The molecule has 15 atom stereocenters. The number of esters is 6. The average molecular weight is 845 g/mol. The van der Waals surface area contributed by atoms with Crippen molar-refractivity contribution >= 4 is 35.8 Å². The zero-order valence-electron chi connectivity index (χ0n) is 35.4. The number of hydrogen-bond donors (Lipinski definition) is 2. The first-order valence-electron chi connectivity index (χ1n) is 20.1. The van der Waals surface area contributed by atoms with Crippen LogP contribution in [0.5, 0.6) is 0 Å². The number of furan rings is 1. The number of carbonyl (C=O) groups is 6. The van der Waals surface area contributed by atoms with Gasteiger partial charge in [-0.05, 0) is 18.4 Å². The summed E-state index contributed by atoms with van der Waals surface area (Å²) >= 11 is 0. The molecule has 0 radical (unpaired) electrons. The number of carbonyl (C=O) groups excluding carboxylic acids is 6. The predicted molar refractivity (Wildman–Crippen MR) is 196 cm³/mol. The fourth-order valence-electron chi connectivity index (χ4n) is 13.6. The molecule has 0 unspecified atom stereocenters. The van der Waals surface area contributed by atoms with Crippen molar-refractivity contribution in [1.82, 2.24) is 0 Å². The topological polar surface area (TPSA) is 239 Å². The van der Waals surface area contributed by atoms with Crippen molar-refractivity contribution in [2.24, 2.45) is 34.0 Å². The monoisotopic (exact) mass is 844 g/mol. The molecule has 4 heterocycles. The minimum Gasteiger partial charge on any atom is -0.512 e. The molecule has 4 aliphatic carbocycles. The lowest BCUT2D eigenvalue weighted by Crippen LogP contribution is -2.97. The Morgan fingerprint density at radius 1 is 0.900 bits per heavy atom. The molecule has 3 aliphatic heterocycles. The number of rotatable bonds is 9. The molecule has 7 aliphatic rings. The molecule has 0 amide bonds. The molecule has 8 rings (SSSR count). The molecule has 0 aromatic carbocycles. The van der Waals surface area contributed by atoms with Gasteiger partial charge in [-0.1, -0.05) is 41.5 Å². The molecule has 1 aromatic heterocycles. The number of hydrogen-bond acceptors (Lipinski definition) is 18. The Kier molecular flexibility index (Phi) is 8.97. The number of ether oxygens (including phenoxy) is 9. The van der Waals surface area contributed by atoms with Gasteiger partial charge in [0.15, 0.2) is 35.1 Å². The van der Waals surface area contributed by atoms with Gasteiger partial charge < -0.3 is 57.3 Å². The van der Waals surface area contributed by atoms with E-state index in [9.17, 15) is 39.0 Å². The number of cyclic esters (lactones) is 1. The van der Waals surface area contributed by atoms with Crippen LogP contribution in [0.4, 0.5) is 0 Å². The van der Waals surface area contributed by atoms with Crippen LogP contribution >= 0.6 is 0 Å². The summed E-state index contributed by atoms with van der Waals surface area (Å²) < 4.78 is 63.8. The van der Waals surface area contributed by atoms with Gasteiger partial charge in [-0.25, -0.2) is 4.79 Å². The van der Waals surface area contributed by atoms with Crippen molar-refractivity contribution in [3.8, 4) is 0 Å². The summed E-state index contributed by atoms with van der Waals surface area (Å²) in [5.74, 6) is -11.6. The minimum atomic E-state index is -2.63. The SMILES string of the molecule is CCC(O)=C1C(=O)O[C@@H](c2ccoc2)[C@@]2(C)[C@@H]1[C@@]13O[C@@]4(C)O[C@@]56C[C@@](C)([C@H](OC(=O)C(C)C)[C@@]5(O)[C@H]1OC(C)=O)[C@H](CC(=O)OC)[C@]6(C)[C@@]3(O4)[C@H](OC(C)=O)[C@@H]2OC(C)=O. The molecular formula is C42H52O18. The fraction of sp³-hybridized carbons (Fsp3) is 0.714. The second-order valence-corrected chi connectivity index (χ2v) is 18.4. The highest BCUT2D eigenvalue weighted by Crippen LogP contribution is 2.90. The summed E-state index contributed by atoms with van der Waals surface area (Å²) in [7, 11) is 1.19. The van der Waals surface area contributed by atoms with Crippen LogP contribution < -0.4 is 0 Å². The maximum absolute atomic E-state index is 14.8. The van der Waals surface area contributed by atoms with E-state index in [0.29, 0.717) is 0 Å². The summed E-state index contributed by atoms with van der Waals surface area (Å²) in [5, 5.41) is 26.2. The third-order valence-corrected chi connectivity index (χ3v) is 15.1. The largest absolute Gasteiger partial charge is 0.512 e. The number of aliphatic hydroxyl groups excluding tert-OH is 1. The summed E-state index contributed by atoms with van der Waals surface area (Å²) in [6, 6.07) is 1.50. The van der Waals surface area contributed by atoms with Gasteiger partial charge in [-0.15, -0.1) is 0 Å². The van der Waals surface area contributed by atoms with Crippen LogP contribution in [0.3, 0.4) is 0 Å². The Morgan fingerprint density at radius 3 is 2.08 bits per heavy atom. The normalized spacial score (nSPS) is 47.1. The van der Waals surface area contributed by atoms with Gasteiger partial charge in [-0.2, -0.15) is 0 Å². The Hall–Kier alpha value is -4.52. The third-order valence-electron chi connectivity index (χ3n) is 15.1. The molecular weight excluding hydrogens is 792 g/mol. The van der Waals surface area contributed by atoms with Crippen molar-refractivity contribution in [2.75, 3.05) is 7.11 Å². The maximum Gasteiger partial charge on any atom is 0.338 e. The molecule has 1 aromatic rings. The van der Waals surface area contributed by atoms with E-state index in [2.05, 4.69) is 0 Å². The number of allylic oxidation sites excluding steroid dienone is 1. The third kappa shape index (κ3) is 4.52. The van der Waals surface area contributed by atoms with Crippen molar-refractivity contribution in [2.45, 2.75) is 147 Å². The van der Waals surface area contributed by atoms with Crippen LogP contribution in [0.1, 0.15) is 100 Å². The molecule has 4 saturated carbocycles. The summed E-state index contributed by atoms with van der Waals surface area (Å²) in [5.41, 5.74) is -15.0. The highest BCUT2D eigenvalue weighted by atomic mass is 16.9. The van der Waals surface area contributed by atoms with Crippen molar-refractivity contribution in [1.29, 1.82) is 0 Å². The van der Waals surface area contributed by atoms with Gasteiger partial charge in [0.2, 0.25) is 0 Å². The van der Waals surface area contributed by atoms with Gasteiger partial charge >= 0.3 is 35.8 Å². The molecule has 18 heteroatoms. The van der Waals surface area contributed by atoms with Crippen molar-refractivity contribution < 1.29 is 86.0 Å². The molecule has 60 heavy (non-hydrogen) atoms. The van der Waals surface area contributed by atoms with Gasteiger partial charge in [0.05, 0.1) is 36.5 Å². The quantitative estimate of drug-likeness (QED) is 0.157. The van der Waals surface area contributed by atoms with Crippen molar-refractivity contribution in [3.63, 3.8) is 0 Å². The van der Waals surface area contributed by atoms with E-state index >= 15 is 0 Å². The first-order valence-corrected chi connectivity index (χ1v) is 20.1. The molecule has 18 nitrogen and oxygen atoms in total. The number of aliphatic hydroxyl groups is 2. The Bertz CT molecular complexity index is 2110. The Balaban J connectivity index is 1.61. The molecule has 2 spiro atoms. The van der Waals surface area contributed by atoms with E-state index in [0.717, 1.165) is 20.8 Å². The first kappa shape index (κ1) is 42.2. The van der Waals surface area contributed by atoms with E-state index in [1.54, 1.807) is 41.5 Å².